The van der Waals surface area contributed by atoms with E-state index < -0.39 is 66.5 Å². The Kier molecular flexibility index (Phi) is 25.9. The third-order valence-corrected chi connectivity index (χ3v) is 26.4. The van der Waals surface area contributed by atoms with Crippen molar-refractivity contribution in [2.75, 3.05) is 107 Å². The number of benzene rings is 4. The summed E-state index contributed by atoms with van der Waals surface area (Å²) in [6.45, 7) is 22.3. The summed E-state index contributed by atoms with van der Waals surface area (Å²) in [6, 6.07) is 26.8. The van der Waals surface area contributed by atoms with E-state index in [1.807, 2.05) is 118 Å². The Morgan fingerprint density at radius 1 is 0.833 bits per heavy atom. The highest BCUT2D eigenvalue weighted by atomic mass is 35.5. The number of pyridine rings is 1. The lowest BCUT2D eigenvalue weighted by atomic mass is 9.70. The number of ether oxygens (including phenoxy) is 1. The summed E-state index contributed by atoms with van der Waals surface area (Å²) in [5.74, 6) is -1.27. The number of thiazole rings is 1. The van der Waals surface area contributed by atoms with E-state index in [2.05, 4.69) is 64.4 Å². The zero-order valence-electron chi connectivity index (χ0n) is 66.5. The molecule has 114 heavy (non-hydrogen) atoms. The van der Waals surface area contributed by atoms with Crippen molar-refractivity contribution in [1.82, 2.24) is 49.9 Å². The van der Waals surface area contributed by atoms with Gasteiger partial charge in [0.2, 0.25) is 29.5 Å². The normalized spacial score (nSPS) is 21.9. The molecule has 13 rings (SSSR count). The van der Waals surface area contributed by atoms with Gasteiger partial charge in [-0.15, -0.1) is 11.3 Å². The van der Waals surface area contributed by atoms with Gasteiger partial charge in [0.25, 0.3) is 21.6 Å². The lowest BCUT2D eigenvalue weighted by Gasteiger charge is -2.44. The van der Waals surface area contributed by atoms with Gasteiger partial charge >= 0.3 is 0 Å². The summed E-state index contributed by atoms with van der Waals surface area (Å²) in [5.41, 5.74) is 9.46. The van der Waals surface area contributed by atoms with Crippen LogP contribution in [0.1, 0.15) is 171 Å². The molecule has 29 heteroatoms. The first-order valence-electron chi connectivity index (χ1n) is 40.3. The van der Waals surface area contributed by atoms with E-state index in [4.69, 9.17) is 21.3 Å². The maximum atomic E-state index is 14.7. The molecular weight excluding hydrogens is 1510 g/mol. The highest BCUT2D eigenvalue weighted by Gasteiger charge is 2.45. The number of unbranched alkanes of at least 4 members (excludes halogenated alkanes) is 3. The molecule has 0 unspecified atom stereocenters. The largest absolute Gasteiger partial charge is 0.476 e. The van der Waals surface area contributed by atoms with Crippen molar-refractivity contribution in [3.63, 3.8) is 0 Å². The summed E-state index contributed by atoms with van der Waals surface area (Å²) in [4.78, 5) is 108. The van der Waals surface area contributed by atoms with Gasteiger partial charge in [-0.3, -0.25) is 43.9 Å². The molecule has 0 radical (unpaired) electrons. The number of aliphatic hydroxyl groups is 2. The molecule has 7 N–H and O–H groups in total. The summed E-state index contributed by atoms with van der Waals surface area (Å²) < 4.78 is 36.9. The van der Waals surface area contributed by atoms with Gasteiger partial charge in [-0.1, -0.05) is 94.1 Å². The van der Waals surface area contributed by atoms with Crippen LogP contribution in [0, 0.1) is 33.8 Å². The average Bonchev–Trinajstić information content (AvgIpc) is 1.37. The van der Waals surface area contributed by atoms with Crippen LogP contribution >= 0.6 is 22.9 Å². The first-order chi connectivity index (χ1) is 54.4. The molecule has 2 aliphatic carbocycles. The first-order valence-corrected chi connectivity index (χ1v) is 43.0. The third kappa shape index (κ3) is 20.1. The number of hydrogen-bond donors (Lipinski definition) is 7. The van der Waals surface area contributed by atoms with E-state index in [-0.39, 0.29) is 65.7 Å². The fourth-order valence-corrected chi connectivity index (χ4v) is 19.0. The monoisotopic (exact) mass is 1620 g/mol. The second-order valence-electron chi connectivity index (χ2n) is 33.8. The third-order valence-electron chi connectivity index (χ3n) is 23.9. The number of β-amino-alcohol motifs (C(OH)–C–C–N with tert-alkyl or cyclic N) is 1. The fourth-order valence-electron chi connectivity index (χ4n) is 17.1. The van der Waals surface area contributed by atoms with Crippen LogP contribution < -0.4 is 35.2 Å². The number of nitro benzene ring substituents is 1. The van der Waals surface area contributed by atoms with E-state index in [1.165, 1.54) is 28.2 Å². The number of aliphatic hydroxyl groups excluding tert-OH is 1. The van der Waals surface area contributed by atoms with Crippen LogP contribution in [0.15, 0.2) is 119 Å². The number of nitro groups is 1. The molecule has 0 bridgehead atoms. The Labute approximate surface area is 677 Å². The second kappa shape index (κ2) is 35.6. The van der Waals surface area contributed by atoms with Gasteiger partial charge < -0.3 is 55.5 Å². The summed E-state index contributed by atoms with van der Waals surface area (Å²) in [5, 5.41) is 44.4. The highest BCUT2D eigenvalue weighted by Crippen LogP contribution is 2.46. The van der Waals surface area contributed by atoms with Gasteiger partial charge in [0, 0.05) is 133 Å². The number of nitrogens with zero attached hydrogens (tertiary/aromatic N) is 9. The minimum absolute atomic E-state index is 0.0132. The van der Waals surface area contributed by atoms with Crippen LogP contribution in [0.2, 0.25) is 5.02 Å². The number of aromatic amines is 1. The Hall–Kier alpha value is -9.03. The molecule has 3 aromatic heterocycles. The second-order valence-corrected chi connectivity index (χ2v) is 36.7. The first kappa shape index (κ1) is 82.9. The SMILES string of the molecule is Cc1ncsc1-c1ccc([C@H](C)NC(=O)[C@@H]2C[C@@H](O)CN2C(=O)[C@@H](NC(=O)CCCCCCC(=O)N2CCN(C[C@]3(C)CCC(CN4CCN(c5ccc(C(=O)NS(=O)(=O)c6ccc(NCC7CCC(C)(O)CC7)c([N+](=O)[O-])c6)c(N6CCCOc7nc8[nH]ccc8cc76)c5)CC4)=C(c4ccc(Cl)cc4)C3)CC2)C(C)(C)C)cc1. The van der Waals surface area contributed by atoms with E-state index >= 15 is 0 Å². The molecule has 5 atom stereocenters. The van der Waals surface area contributed by atoms with Crippen LogP contribution in [0.4, 0.5) is 28.4 Å². The van der Waals surface area contributed by atoms with Crippen LogP contribution in [0.3, 0.4) is 0 Å². The summed E-state index contributed by atoms with van der Waals surface area (Å²) in [6.07, 6.45) is 10.5. The molecule has 3 saturated heterocycles. The van der Waals surface area contributed by atoms with Crippen molar-refractivity contribution in [2.45, 2.75) is 180 Å². The number of carbonyl (C=O) groups excluding carboxylic acids is 5. The molecule has 26 nitrogen and oxygen atoms in total. The van der Waals surface area contributed by atoms with Gasteiger partial charge in [-0.25, -0.2) is 18.1 Å². The summed E-state index contributed by atoms with van der Waals surface area (Å²) >= 11 is 8.09. The summed E-state index contributed by atoms with van der Waals surface area (Å²) in [7, 11) is -4.66. The van der Waals surface area contributed by atoms with Gasteiger partial charge in [0.05, 0.1) is 61.5 Å². The lowest BCUT2D eigenvalue weighted by molar-refractivity contribution is -0.384. The molecule has 4 fully saturated rings. The minimum atomic E-state index is -4.66. The molecule has 4 aliphatic heterocycles. The number of fused-ring (bicyclic) bond motifs is 2. The number of carbonyl (C=O) groups is 5. The quantitative estimate of drug-likeness (QED) is 0.0143. The molecule has 0 spiro atoms. The number of rotatable bonds is 27. The van der Waals surface area contributed by atoms with Crippen LogP contribution in [-0.2, 0) is 29.2 Å². The Balaban J connectivity index is 0.586. The van der Waals surface area contributed by atoms with E-state index in [0.717, 1.165) is 129 Å². The van der Waals surface area contributed by atoms with E-state index in [1.54, 1.807) is 23.6 Å². The average molecular weight is 1620 g/mol. The molecule has 5 amide bonds. The molecule has 1 saturated carbocycles. The number of likely N-dealkylation sites (tertiary alicyclic amines) is 1. The topological polar surface area (TPSA) is 321 Å². The van der Waals surface area contributed by atoms with Crippen molar-refractivity contribution in [3.8, 4) is 16.3 Å². The van der Waals surface area contributed by atoms with Crippen molar-refractivity contribution in [3.05, 3.63) is 152 Å². The maximum Gasteiger partial charge on any atom is 0.293 e. The molecular formula is C85H109ClN14O12S2. The number of halogens is 1. The van der Waals surface area contributed by atoms with Crippen molar-refractivity contribution in [1.29, 1.82) is 0 Å². The molecule has 7 aromatic rings. The highest BCUT2D eigenvalue weighted by molar-refractivity contribution is 7.90. The van der Waals surface area contributed by atoms with Crippen molar-refractivity contribution in [2.24, 2.45) is 16.7 Å². The number of amides is 5. The molecule has 610 valence electrons. The predicted molar refractivity (Wildman–Crippen MR) is 445 cm³/mol. The Bertz CT molecular complexity index is 4790. The van der Waals surface area contributed by atoms with Crippen LogP contribution in [0.25, 0.3) is 27.0 Å². The number of allylic oxidation sites excluding steroid dienone is 1. The zero-order chi connectivity index (χ0) is 80.8. The van der Waals surface area contributed by atoms with Gasteiger partial charge in [-0.2, -0.15) is 4.98 Å². The Morgan fingerprint density at radius 2 is 1.54 bits per heavy atom. The molecule has 6 aliphatic rings. The number of piperazine rings is 2. The lowest BCUT2D eigenvalue weighted by Crippen LogP contribution is -2.57. The minimum Gasteiger partial charge on any atom is -0.476 e. The number of hydrogen-bond acceptors (Lipinski definition) is 20. The van der Waals surface area contributed by atoms with Gasteiger partial charge in [0.15, 0.2) is 0 Å². The van der Waals surface area contributed by atoms with Crippen LogP contribution in [-0.4, -0.2) is 203 Å². The van der Waals surface area contributed by atoms with Gasteiger partial charge in [0.1, 0.15) is 29.1 Å². The number of nitrogens with one attached hydrogen (secondary N) is 5. The van der Waals surface area contributed by atoms with Crippen LogP contribution in [0.5, 0.6) is 5.88 Å². The standard InChI is InChI=1S/C85H109ClN14O12S2/c1-55(58-15-17-60(18-16-58)76-56(2)89-54-113-76)90-80(105)72-47-65(101)52-99(72)82(106)77(83(3,4)5)91-74(102)13-10-8-9-11-14-75(103)97-42-38-95(39-43-97)53-84(6)31-29-62(68(49-84)59-19-21-63(86)22-20-59)51-94-36-40-96(41-37-94)64-23-25-67(70(46-64)98-35-12-44-112-81-73(98)45-61-30-34-87-78(61)92-81)79(104)93-114(110,111)66-24-26-69(71(48-66)100(108)109)88-50-57-27-32-85(7,107)33-28-57/h15-26,30,34,45-46,48,54-55,57,65,72,77,88,101,107H,8-14,27-29,31-33,35-44,47,49-53H2,1-7H3,(H,87,92)(H,90,105)(H,91,102)(H,93,104)/t55-,57?,65+,72-,77+,84+,85?/m0/s1. The number of anilines is 4. The number of aromatic nitrogens is 3. The van der Waals surface area contributed by atoms with Crippen molar-refractivity contribution >= 4 is 108 Å². The number of sulfonamides is 1. The van der Waals surface area contributed by atoms with E-state index in [0.29, 0.717) is 112 Å². The zero-order valence-corrected chi connectivity index (χ0v) is 68.9. The predicted octanol–water partition coefficient (Wildman–Crippen LogP) is 12.6. The van der Waals surface area contributed by atoms with Crippen molar-refractivity contribution < 1.29 is 52.3 Å². The Morgan fingerprint density at radius 3 is 2.25 bits per heavy atom. The fraction of sp³-hybridized carbons (Fsp3) is 0.518. The van der Waals surface area contributed by atoms with Gasteiger partial charge in [-0.05, 0) is 179 Å². The van der Waals surface area contributed by atoms with E-state index in [9.17, 15) is 52.7 Å². The number of aryl methyl sites for hydroxylation is 1. The molecule has 7 heterocycles. The number of H-pyrrole nitrogens is 1. The molecule has 4 aromatic carbocycles. The maximum absolute atomic E-state index is 14.7. The smallest absolute Gasteiger partial charge is 0.293 e.